The molecule has 2 rings (SSSR count). The van der Waals surface area contributed by atoms with E-state index in [9.17, 15) is 4.79 Å². The van der Waals surface area contributed by atoms with Gasteiger partial charge in [-0.2, -0.15) is 0 Å². The monoisotopic (exact) mass is 268 g/mol. The quantitative estimate of drug-likeness (QED) is 0.561. The lowest BCUT2D eigenvalue weighted by Gasteiger charge is -2.27. The molecule has 1 aliphatic carbocycles. The summed E-state index contributed by atoms with van der Waals surface area (Å²) in [7, 11) is 0. The highest BCUT2D eigenvalue weighted by atomic mass is 16.5. The minimum Gasteiger partial charge on any atom is -0.378 e. The van der Waals surface area contributed by atoms with Gasteiger partial charge in [-0.1, -0.05) is 19.3 Å². The Morgan fingerprint density at radius 2 is 1.95 bits per heavy atom. The van der Waals surface area contributed by atoms with Crippen LogP contribution in [0.4, 0.5) is 0 Å². The Hall–Kier alpha value is -1.30. The molecule has 1 saturated carbocycles. The SMILES string of the molecule is NC(=NCC(=O)NC1CCCCC1)N1CCOCC1. The van der Waals surface area contributed by atoms with Crippen molar-refractivity contribution in [3.8, 4) is 0 Å². The lowest BCUT2D eigenvalue weighted by molar-refractivity contribution is -0.120. The third kappa shape index (κ3) is 4.70. The fourth-order valence-electron chi connectivity index (χ4n) is 2.57. The van der Waals surface area contributed by atoms with Crippen LogP contribution >= 0.6 is 0 Å². The largest absolute Gasteiger partial charge is 0.378 e. The van der Waals surface area contributed by atoms with Crippen LogP contribution in [0.5, 0.6) is 0 Å². The van der Waals surface area contributed by atoms with E-state index in [1.54, 1.807) is 0 Å². The van der Waals surface area contributed by atoms with Crippen molar-refractivity contribution in [2.75, 3.05) is 32.8 Å². The highest BCUT2D eigenvalue weighted by Gasteiger charge is 2.16. The van der Waals surface area contributed by atoms with Crippen LogP contribution < -0.4 is 11.1 Å². The molecule has 0 bridgehead atoms. The first kappa shape index (κ1) is 14.1. The molecule has 0 unspecified atom stereocenters. The number of nitrogens with one attached hydrogen (secondary N) is 1. The van der Waals surface area contributed by atoms with Crippen LogP contribution in [0.1, 0.15) is 32.1 Å². The Morgan fingerprint density at radius 1 is 1.26 bits per heavy atom. The second-order valence-electron chi connectivity index (χ2n) is 5.18. The predicted octanol–water partition coefficient (Wildman–Crippen LogP) is 0.0822. The molecule has 1 amide bonds. The molecule has 1 heterocycles. The number of ether oxygens (including phenoxy) is 1. The molecule has 19 heavy (non-hydrogen) atoms. The molecule has 0 aromatic carbocycles. The van der Waals surface area contributed by atoms with E-state index in [-0.39, 0.29) is 12.5 Å². The van der Waals surface area contributed by atoms with Gasteiger partial charge in [0.1, 0.15) is 6.54 Å². The van der Waals surface area contributed by atoms with Crippen molar-refractivity contribution in [3.63, 3.8) is 0 Å². The molecule has 0 aromatic heterocycles. The Labute approximate surface area is 114 Å². The molecule has 2 aliphatic rings. The molecule has 1 aliphatic heterocycles. The maximum Gasteiger partial charge on any atom is 0.242 e. The first-order chi connectivity index (χ1) is 9.25. The lowest BCUT2D eigenvalue weighted by atomic mass is 9.95. The molecule has 0 atom stereocenters. The van der Waals surface area contributed by atoms with Crippen LogP contribution in [-0.2, 0) is 9.53 Å². The molecular formula is C13H24N4O2. The third-order valence-electron chi connectivity index (χ3n) is 3.69. The van der Waals surface area contributed by atoms with Crippen LogP contribution in [0.15, 0.2) is 4.99 Å². The zero-order valence-electron chi connectivity index (χ0n) is 11.4. The summed E-state index contributed by atoms with van der Waals surface area (Å²) in [5.74, 6) is 0.421. The molecule has 3 N–H and O–H groups in total. The maximum atomic E-state index is 11.8. The van der Waals surface area contributed by atoms with E-state index >= 15 is 0 Å². The van der Waals surface area contributed by atoms with Gasteiger partial charge in [-0.25, -0.2) is 4.99 Å². The Morgan fingerprint density at radius 3 is 2.63 bits per heavy atom. The number of rotatable bonds is 3. The van der Waals surface area contributed by atoms with Crippen molar-refractivity contribution in [1.82, 2.24) is 10.2 Å². The summed E-state index contributed by atoms with van der Waals surface area (Å²) in [6.07, 6.45) is 5.89. The van der Waals surface area contributed by atoms with Gasteiger partial charge in [0.15, 0.2) is 5.96 Å². The highest BCUT2D eigenvalue weighted by molar-refractivity contribution is 5.84. The Balaban J connectivity index is 1.71. The lowest BCUT2D eigenvalue weighted by Crippen LogP contribution is -2.45. The van der Waals surface area contributed by atoms with Crippen molar-refractivity contribution in [2.24, 2.45) is 10.7 Å². The topological polar surface area (TPSA) is 79.9 Å². The normalized spacial score (nSPS) is 22.3. The third-order valence-corrected chi connectivity index (χ3v) is 3.69. The molecule has 0 spiro atoms. The summed E-state index contributed by atoms with van der Waals surface area (Å²) < 4.78 is 5.24. The maximum absolute atomic E-state index is 11.8. The van der Waals surface area contributed by atoms with Gasteiger partial charge in [-0.15, -0.1) is 0 Å². The van der Waals surface area contributed by atoms with Crippen molar-refractivity contribution in [3.05, 3.63) is 0 Å². The van der Waals surface area contributed by atoms with Gasteiger partial charge in [0.05, 0.1) is 13.2 Å². The number of guanidine groups is 1. The number of carbonyl (C=O) groups is 1. The van der Waals surface area contributed by atoms with Gasteiger partial charge < -0.3 is 20.7 Å². The van der Waals surface area contributed by atoms with Gasteiger partial charge in [0.2, 0.25) is 5.91 Å². The van der Waals surface area contributed by atoms with Gasteiger partial charge >= 0.3 is 0 Å². The first-order valence-corrected chi connectivity index (χ1v) is 7.17. The minimum atomic E-state index is -0.0249. The number of hydrogen-bond acceptors (Lipinski definition) is 3. The summed E-state index contributed by atoms with van der Waals surface area (Å²) in [4.78, 5) is 17.9. The van der Waals surface area contributed by atoms with Gasteiger partial charge in [0.25, 0.3) is 0 Å². The molecule has 0 radical (unpaired) electrons. The molecule has 2 fully saturated rings. The Kier molecular flexibility index (Phi) is 5.44. The predicted molar refractivity (Wildman–Crippen MR) is 73.9 cm³/mol. The first-order valence-electron chi connectivity index (χ1n) is 7.17. The number of aliphatic imine (C=N–C) groups is 1. The van der Waals surface area contributed by atoms with Crippen molar-refractivity contribution >= 4 is 11.9 Å². The van der Waals surface area contributed by atoms with E-state index in [1.165, 1.54) is 19.3 Å². The number of nitrogens with zero attached hydrogens (tertiary/aromatic N) is 2. The summed E-state index contributed by atoms with van der Waals surface area (Å²) in [6, 6.07) is 0.334. The Bertz CT molecular complexity index is 321. The van der Waals surface area contributed by atoms with Crippen molar-refractivity contribution < 1.29 is 9.53 Å². The smallest absolute Gasteiger partial charge is 0.242 e. The van der Waals surface area contributed by atoms with Gasteiger partial charge in [-0.3, -0.25) is 4.79 Å². The molecular weight excluding hydrogens is 244 g/mol. The fourth-order valence-corrected chi connectivity index (χ4v) is 2.57. The second kappa shape index (κ2) is 7.33. The van der Waals surface area contributed by atoms with Crippen LogP contribution in [0.25, 0.3) is 0 Å². The summed E-state index contributed by atoms with van der Waals surface area (Å²) in [5.41, 5.74) is 5.87. The number of hydrogen-bond donors (Lipinski definition) is 2. The number of morpholine rings is 1. The molecule has 108 valence electrons. The van der Waals surface area contributed by atoms with E-state index in [4.69, 9.17) is 10.5 Å². The van der Waals surface area contributed by atoms with Crippen LogP contribution in [0, 0.1) is 0 Å². The fraction of sp³-hybridized carbons (Fsp3) is 0.846. The standard InChI is InChI=1S/C13H24N4O2/c14-13(17-6-8-19-9-7-17)15-10-12(18)16-11-4-2-1-3-5-11/h11H,1-10H2,(H2,14,15)(H,16,18). The molecule has 1 saturated heterocycles. The summed E-state index contributed by atoms with van der Waals surface area (Å²) in [6.45, 7) is 2.97. The number of carbonyl (C=O) groups excluding carboxylic acids is 1. The van der Waals surface area contributed by atoms with E-state index < -0.39 is 0 Å². The van der Waals surface area contributed by atoms with Gasteiger partial charge in [0, 0.05) is 19.1 Å². The summed E-state index contributed by atoms with van der Waals surface area (Å²) in [5, 5.41) is 3.03. The minimum absolute atomic E-state index is 0.0249. The zero-order chi connectivity index (χ0) is 13.5. The van der Waals surface area contributed by atoms with Crippen molar-refractivity contribution in [2.45, 2.75) is 38.1 Å². The van der Waals surface area contributed by atoms with Crippen LogP contribution in [0.3, 0.4) is 0 Å². The van der Waals surface area contributed by atoms with E-state index in [2.05, 4.69) is 10.3 Å². The van der Waals surface area contributed by atoms with E-state index in [1.807, 2.05) is 4.90 Å². The zero-order valence-corrected chi connectivity index (χ0v) is 11.4. The number of nitrogens with two attached hydrogens (primary N) is 1. The average Bonchev–Trinajstić information content (AvgIpc) is 2.47. The van der Waals surface area contributed by atoms with E-state index in [0.717, 1.165) is 25.9 Å². The molecule has 0 aromatic rings. The number of amides is 1. The van der Waals surface area contributed by atoms with E-state index in [0.29, 0.717) is 25.2 Å². The highest BCUT2D eigenvalue weighted by Crippen LogP contribution is 2.17. The van der Waals surface area contributed by atoms with Crippen LogP contribution in [-0.4, -0.2) is 55.7 Å². The van der Waals surface area contributed by atoms with Crippen molar-refractivity contribution in [1.29, 1.82) is 0 Å². The molecule has 6 heteroatoms. The van der Waals surface area contributed by atoms with Gasteiger partial charge in [-0.05, 0) is 12.8 Å². The van der Waals surface area contributed by atoms with Crippen LogP contribution in [0.2, 0.25) is 0 Å². The average molecular weight is 268 g/mol. The molecule has 6 nitrogen and oxygen atoms in total. The second-order valence-corrected chi connectivity index (χ2v) is 5.18. The summed E-state index contributed by atoms with van der Waals surface area (Å²) >= 11 is 0.